The Hall–Kier alpha value is -2.68. The zero-order chi connectivity index (χ0) is 21.8. The summed E-state index contributed by atoms with van der Waals surface area (Å²) in [7, 11) is -1.83. The molecule has 2 aromatic carbocycles. The van der Waals surface area contributed by atoms with Crippen molar-refractivity contribution in [3.63, 3.8) is 0 Å². The van der Waals surface area contributed by atoms with Crippen molar-refractivity contribution >= 4 is 32.5 Å². The number of hydrogen-bond donors (Lipinski definition) is 1. The van der Waals surface area contributed by atoms with E-state index in [1.54, 1.807) is 37.4 Å². The molecule has 1 N–H and O–H groups in total. The SMILES string of the molecule is COCCn1ccc2cc(NC(=O)C3CCN(S(=O)(=O)c4ccccc4)CC3)ccc21. The highest BCUT2D eigenvalue weighted by molar-refractivity contribution is 7.89. The molecule has 1 amide bonds. The predicted molar refractivity (Wildman–Crippen MR) is 120 cm³/mol. The van der Waals surface area contributed by atoms with Crippen molar-refractivity contribution in [1.29, 1.82) is 0 Å². The summed E-state index contributed by atoms with van der Waals surface area (Å²) in [6, 6.07) is 16.3. The van der Waals surface area contributed by atoms with Gasteiger partial charge in [0.25, 0.3) is 0 Å². The monoisotopic (exact) mass is 441 g/mol. The molecule has 4 rings (SSSR count). The molecule has 0 atom stereocenters. The number of methoxy groups -OCH3 is 1. The zero-order valence-corrected chi connectivity index (χ0v) is 18.3. The Labute approximate surface area is 182 Å². The van der Waals surface area contributed by atoms with E-state index in [2.05, 4.69) is 9.88 Å². The van der Waals surface area contributed by atoms with Gasteiger partial charge in [-0.2, -0.15) is 4.31 Å². The van der Waals surface area contributed by atoms with Crippen LogP contribution in [0.5, 0.6) is 0 Å². The van der Waals surface area contributed by atoms with E-state index in [4.69, 9.17) is 4.74 Å². The number of carbonyl (C=O) groups excluding carboxylic acids is 1. The second-order valence-corrected chi connectivity index (χ2v) is 9.69. The molecule has 0 unspecified atom stereocenters. The molecular formula is C23H27N3O4S. The van der Waals surface area contributed by atoms with Gasteiger partial charge >= 0.3 is 0 Å². The lowest BCUT2D eigenvalue weighted by atomic mass is 9.97. The van der Waals surface area contributed by atoms with Crippen LogP contribution in [0, 0.1) is 5.92 Å². The largest absolute Gasteiger partial charge is 0.383 e. The van der Waals surface area contributed by atoms with Crippen LogP contribution in [-0.2, 0) is 26.1 Å². The normalized spacial score (nSPS) is 15.9. The van der Waals surface area contributed by atoms with E-state index in [0.717, 1.165) is 23.1 Å². The maximum absolute atomic E-state index is 12.8. The number of fused-ring (bicyclic) bond motifs is 1. The highest BCUT2D eigenvalue weighted by atomic mass is 32.2. The van der Waals surface area contributed by atoms with Crippen molar-refractivity contribution in [2.24, 2.45) is 5.92 Å². The van der Waals surface area contributed by atoms with Crippen LogP contribution in [0.3, 0.4) is 0 Å². The molecule has 0 saturated carbocycles. The standard InChI is InChI=1S/C23H27N3O4S/c1-30-16-15-25-12-9-19-17-20(7-8-22(19)25)24-23(27)18-10-13-26(14-11-18)31(28,29)21-5-3-2-4-6-21/h2-9,12,17-18H,10-11,13-16H2,1H3,(H,24,27). The summed E-state index contributed by atoms with van der Waals surface area (Å²) >= 11 is 0. The Morgan fingerprint density at radius 2 is 1.84 bits per heavy atom. The van der Waals surface area contributed by atoms with Crippen LogP contribution in [-0.4, -0.2) is 50.0 Å². The molecule has 0 aliphatic carbocycles. The third kappa shape index (κ3) is 4.66. The Kier molecular flexibility index (Phi) is 6.41. The molecule has 3 aromatic rings. The van der Waals surface area contributed by atoms with Gasteiger partial charge in [-0.1, -0.05) is 18.2 Å². The van der Waals surface area contributed by atoms with Crippen LogP contribution in [0.1, 0.15) is 12.8 Å². The summed E-state index contributed by atoms with van der Waals surface area (Å²) in [5, 5.41) is 4.05. The maximum Gasteiger partial charge on any atom is 0.243 e. The lowest BCUT2D eigenvalue weighted by Crippen LogP contribution is -2.41. The fourth-order valence-electron chi connectivity index (χ4n) is 4.01. The van der Waals surface area contributed by atoms with Gasteiger partial charge in [0.2, 0.25) is 15.9 Å². The van der Waals surface area contributed by atoms with Crippen molar-refractivity contribution < 1.29 is 17.9 Å². The topological polar surface area (TPSA) is 80.6 Å². The fraction of sp³-hybridized carbons (Fsp3) is 0.348. The number of hydrogen-bond acceptors (Lipinski definition) is 4. The highest BCUT2D eigenvalue weighted by Crippen LogP contribution is 2.26. The molecule has 0 spiro atoms. The van der Waals surface area contributed by atoms with Crippen LogP contribution >= 0.6 is 0 Å². The van der Waals surface area contributed by atoms with Gasteiger partial charge in [0.05, 0.1) is 11.5 Å². The van der Waals surface area contributed by atoms with E-state index < -0.39 is 10.0 Å². The quantitative estimate of drug-likeness (QED) is 0.610. The van der Waals surface area contributed by atoms with Crippen LogP contribution in [0.15, 0.2) is 65.7 Å². The molecule has 0 bridgehead atoms. The van der Waals surface area contributed by atoms with Crippen molar-refractivity contribution in [3.05, 3.63) is 60.8 Å². The number of benzene rings is 2. The third-order valence-electron chi connectivity index (χ3n) is 5.78. The molecule has 8 heteroatoms. The van der Waals surface area contributed by atoms with Gasteiger partial charge in [0, 0.05) is 55.4 Å². The first-order valence-electron chi connectivity index (χ1n) is 10.4. The molecule has 2 heterocycles. The first-order chi connectivity index (χ1) is 15.0. The number of piperidine rings is 1. The Morgan fingerprint density at radius 3 is 2.55 bits per heavy atom. The van der Waals surface area contributed by atoms with Gasteiger partial charge in [-0.15, -0.1) is 0 Å². The molecule has 164 valence electrons. The van der Waals surface area contributed by atoms with Crippen LogP contribution in [0.4, 0.5) is 5.69 Å². The lowest BCUT2D eigenvalue weighted by Gasteiger charge is -2.30. The minimum Gasteiger partial charge on any atom is -0.383 e. The Morgan fingerprint density at radius 1 is 1.10 bits per heavy atom. The van der Waals surface area contributed by atoms with E-state index in [1.807, 2.05) is 30.5 Å². The number of anilines is 1. The van der Waals surface area contributed by atoms with E-state index in [-0.39, 0.29) is 11.8 Å². The second kappa shape index (κ2) is 9.21. The summed E-state index contributed by atoms with van der Waals surface area (Å²) in [4.78, 5) is 13.1. The predicted octanol–water partition coefficient (Wildman–Crippen LogP) is 3.33. The Bertz CT molecular complexity index is 1150. The van der Waals surface area contributed by atoms with Crippen LogP contribution in [0.2, 0.25) is 0 Å². The number of sulfonamides is 1. The van der Waals surface area contributed by atoms with E-state index in [1.165, 1.54) is 4.31 Å². The molecule has 1 aromatic heterocycles. The molecular weight excluding hydrogens is 414 g/mol. The zero-order valence-electron chi connectivity index (χ0n) is 17.5. The number of amides is 1. The summed E-state index contributed by atoms with van der Waals surface area (Å²) in [6.07, 6.45) is 3.03. The van der Waals surface area contributed by atoms with Crippen molar-refractivity contribution in [3.8, 4) is 0 Å². The first-order valence-corrected chi connectivity index (χ1v) is 11.9. The maximum atomic E-state index is 12.8. The number of ether oxygens (including phenoxy) is 1. The van der Waals surface area contributed by atoms with Crippen molar-refractivity contribution in [1.82, 2.24) is 8.87 Å². The molecule has 7 nitrogen and oxygen atoms in total. The highest BCUT2D eigenvalue weighted by Gasteiger charge is 2.32. The molecule has 1 saturated heterocycles. The second-order valence-electron chi connectivity index (χ2n) is 7.76. The number of nitrogens with one attached hydrogen (secondary N) is 1. The first kappa shape index (κ1) is 21.5. The number of rotatable bonds is 7. The lowest BCUT2D eigenvalue weighted by molar-refractivity contribution is -0.120. The van der Waals surface area contributed by atoms with Gasteiger partial charge in [0.15, 0.2) is 0 Å². The minimum absolute atomic E-state index is 0.0603. The average Bonchev–Trinajstić information content (AvgIpc) is 3.20. The van der Waals surface area contributed by atoms with Gasteiger partial charge in [-0.25, -0.2) is 8.42 Å². The van der Waals surface area contributed by atoms with E-state index in [0.29, 0.717) is 37.4 Å². The summed E-state index contributed by atoms with van der Waals surface area (Å²) in [6.45, 7) is 2.10. The fourth-order valence-corrected chi connectivity index (χ4v) is 5.50. The van der Waals surface area contributed by atoms with E-state index in [9.17, 15) is 13.2 Å². The minimum atomic E-state index is -3.51. The summed E-state index contributed by atoms with van der Waals surface area (Å²) in [5.41, 5.74) is 1.84. The van der Waals surface area contributed by atoms with Gasteiger partial charge < -0.3 is 14.6 Å². The van der Waals surface area contributed by atoms with E-state index >= 15 is 0 Å². The van der Waals surface area contributed by atoms with Crippen LogP contribution < -0.4 is 5.32 Å². The summed E-state index contributed by atoms with van der Waals surface area (Å²) in [5.74, 6) is -0.265. The average molecular weight is 442 g/mol. The van der Waals surface area contributed by atoms with Gasteiger partial charge in [0.1, 0.15) is 0 Å². The number of aromatic nitrogens is 1. The molecule has 0 radical (unpaired) electrons. The Balaban J connectivity index is 1.37. The summed E-state index contributed by atoms with van der Waals surface area (Å²) < 4.78 is 34.3. The van der Waals surface area contributed by atoms with Crippen LogP contribution in [0.25, 0.3) is 10.9 Å². The van der Waals surface area contributed by atoms with Gasteiger partial charge in [-0.05, 0) is 49.2 Å². The molecule has 1 aliphatic heterocycles. The molecule has 1 fully saturated rings. The smallest absolute Gasteiger partial charge is 0.243 e. The molecule has 31 heavy (non-hydrogen) atoms. The third-order valence-corrected chi connectivity index (χ3v) is 7.69. The number of nitrogens with zero attached hydrogens (tertiary/aromatic N) is 2. The molecule has 1 aliphatic rings. The number of carbonyl (C=O) groups is 1. The van der Waals surface area contributed by atoms with Crippen molar-refractivity contribution in [2.75, 3.05) is 32.1 Å². The van der Waals surface area contributed by atoms with Gasteiger partial charge in [-0.3, -0.25) is 4.79 Å². The van der Waals surface area contributed by atoms with Crippen molar-refractivity contribution in [2.45, 2.75) is 24.3 Å².